The van der Waals surface area contributed by atoms with Gasteiger partial charge in [0, 0.05) is 13.0 Å². The summed E-state index contributed by atoms with van der Waals surface area (Å²) in [4.78, 5) is 12.6. The number of hydrogen-bond donors (Lipinski definition) is 2. The first-order valence-electron chi connectivity index (χ1n) is 3.41. The number of aromatic nitrogens is 1. The predicted molar refractivity (Wildman–Crippen MR) is 48.9 cm³/mol. The Labute approximate surface area is 85.2 Å². The maximum Gasteiger partial charge on any atom is 0.300 e. The average Bonchev–Trinajstić information content (AvgIpc) is 2.03. The Hall–Kier alpha value is -1.80. The molecule has 0 fully saturated rings. The van der Waals surface area contributed by atoms with Gasteiger partial charge in [-0.3, -0.25) is 4.79 Å². The molecule has 1 aromatic rings. The number of nitrogens with zero attached hydrogens (tertiary/aromatic N) is 2. The molecule has 0 radical (unpaired) electrons. The summed E-state index contributed by atoms with van der Waals surface area (Å²) < 4.78 is 0. The minimum atomic E-state index is -0.833. The summed E-state index contributed by atoms with van der Waals surface area (Å²) >= 11 is 5.48. The second kappa shape index (κ2) is 5.78. The molecule has 0 amide bonds. The second-order valence-corrected chi connectivity index (χ2v) is 2.56. The maximum atomic E-state index is 9.00. The summed E-state index contributed by atoms with van der Waals surface area (Å²) in [5, 5.41) is 24.7. The third-order valence-electron chi connectivity index (χ3n) is 0.933. The van der Waals surface area contributed by atoms with E-state index in [2.05, 4.69) is 4.98 Å². The number of nitriles is 1. The van der Waals surface area contributed by atoms with E-state index in [1.165, 1.54) is 12.3 Å². The number of pyridine rings is 1. The highest BCUT2D eigenvalue weighted by molar-refractivity contribution is 6.31. The highest BCUT2D eigenvalue weighted by Gasteiger charge is 1.99. The van der Waals surface area contributed by atoms with Gasteiger partial charge in [0.1, 0.15) is 11.8 Å². The number of rotatable bonds is 0. The Balaban J connectivity index is 0.000000364. The van der Waals surface area contributed by atoms with Crippen molar-refractivity contribution in [1.82, 2.24) is 4.98 Å². The molecule has 6 heteroatoms. The molecule has 0 saturated heterocycles. The van der Waals surface area contributed by atoms with Crippen molar-refractivity contribution in [2.75, 3.05) is 0 Å². The van der Waals surface area contributed by atoms with Gasteiger partial charge in [0.05, 0.1) is 11.2 Å². The lowest BCUT2D eigenvalue weighted by molar-refractivity contribution is -0.134. The highest BCUT2D eigenvalue weighted by atomic mass is 35.5. The van der Waals surface area contributed by atoms with Crippen LogP contribution in [0.2, 0.25) is 5.02 Å². The summed E-state index contributed by atoms with van der Waals surface area (Å²) in [7, 11) is 0. The van der Waals surface area contributed by atoms with Crippen LogP contribution in [0.3, 0.4) is 0 Å². The fourth-order valence-corrected chi connectivity index (χ4v) is 0.713. The molecule has 0 bridgehead atoms. The van der Waals surface area contributed by atoms with Crippen molar-refractivity contribution >= 4 is 17.6 Å². The van der Waals surface area contributed by atoms with Gasteiger partial charge in [-0.25, -0.2) is 4.98 Å². The standard InChI is InChI=1S/C6H3ClN2O.C2H4O2/c7-5-1-4(10)3-9-6(5)2-8;1-2(3)4/h1,3,10H;1H3,(H,3,4). The van der Waals surface area contributed by atoms with E-state index in [1.807, 2.05) is 0 Å². The summed E-state index contributed by atoms with van der Waals surface area (Å²) in [6.45, 7) is 1.08. The maximum absolute atomic E-state index is 9.00. The van der Waals surface area contributed by atoms with Gasteiger partial charge in [0.15, 0.2) is 5.69 Å². The number of halogens is 1. The first-order valence-corrected chi connectivity index (χ1v) is 3.79. The lowest BCUT2D eigenvalue weighted by Gasteiger charge is -1.92. The van der Waals surface area contributed by atoms with E-state index in [0.29, 0.717) is 0 Å². The first kappa shape index (κ1) is 12.2. The topological polar surface area (TPSA) is 94.2 Å². The van der Waals surface area contributed by atoms with Gasteiger partial charge in [-0.15, -0.1) is 0 Å². The van der Waals surface area contributed by atoms with E-state index in [-0.39, 0.29) is 16.5 Å². The second-order valence-electron chi connectivity index (χ2n) is 2.15. The fraction of sp³-hybridized carbons (Fsp3) is 0.125. The molecule has 1 aromatic heterocycles. The highest BCUT2D eigenvalue weighted by Crippen LogP contribution is 2.17. The van der Waals surface area contributed by atoms with Crippen LogP contribution in [-0.2, 0) is 4.79 Å². The molecule has 14 heavy (non-hydrogen) atoms. The van der Waals surface area contributed by atoms with Gasteiger partial charge in [-0.2, -0.15) is 5.26 Å². The van der Waals surface area contributed by atoms with Crippen molar-refractivity contribution < 1.29 is 15.0 Å². The molecule has 0 aromatic carbocycles. The van der Waals surface area contributed by atoms with Crippen LogP contribution in [0.15, 0.2) is 12.3 Å². The van der Waals surface area contributed by atoms with E-state index in [9.17, 15) is 0 Å². The Kier molecular flexibility index (Phi) is 5.04. The van der Waals surface area contributed by atoms with Gasteiger partial charge in [0.2, 0.25) is 0 Å². The van der Waals surface area contributed by atoms with Gasteiger partial charge in [0.25, 0.3) is 5.97 Å². The number of aromatic hydroxyl groups is 1. The zero-order chi connectivity index (χ0) is 11.1. The van der Waals surface area contributed by atoms with Crippen LogP contribution in [0.1, 0.15) is 12.6 Å². The molecule has 0 spiro atoms. The summed E-state index contributed by atoms with van der Waals surface area (Å²) in [6, 6.07) is 3.04. The Morgan fingerprint density at radius 3 is 2.57 bits per heavy atom. The molecule has 0 aliphatic carbocycles. The number of carbonyl (C=O) groups is 1. The molecule has 0 unspecified atom stereocenters. The molecule has 0 atom stereocenters. The van der Waals surface area contributed by atoms with E-state index in [4.69, 9.17) is 31.9 Å². The van der Waals surface area contributed by atoms with E-state index in [0.717, 1.165) is 6.92 Å². The zero-order valence-electron chi connectivity index (χ0n) is 7.23. The smallest absolute Gasteiger partial charge is 0.300 e. The molecule has 0 saturated carbocycles. The van der Waals surface area contributed by atoms with Crippen LogP contribution in [0, 0.1) is 11.3 Å². The Morgan fingerprint density at radius 2 is 2.21 bits per heavy atom. The van der Waals surface area contributed by atoms with Crippen LogP contribution < -0.4 is 0 Å². The lowest BCUT2D eigenvalue weighted by atomic mass is 10.4. The van der Waals surface area contributed by atoms with Crippen molar-refractivity contribution in [2.45, 2.75) is 6.92 Å². The van der Waals surface area contributed by atoms with E-state index >= 15 is 0 Å². The molecule has 1 heterocycles. The van der Waals surface area contributed by atoms with Crippen LogP contribution in [0.4, 0.5) is 0 Å². The molecular weight excluding hydrogens is 208 g/mol. The van der Waals surface area contributed by atoms with Crippen molar-refractivity contribution in [3.05, 3.63) is 23.0 Å². The van der Waals surface area contributed by atoms with Gasteiger partial charge < -0.3 is 10.2 Å². The van der Waals surface area contributed by atoms with Crippen molar-refractivity contribution in [1.29, 1.82) is 5.26 Å². The molecule has 1 rings (SSSR count). The number of aliphatic carboxylic acids is 1. The normalized spacial score (nSPS) is 8.07. The van der Waals surface area contributed by atoms with Gasteiger partial charge in [-0.1, -0.05) is 11.6 Å². The number of hydrogen-bond acceptors (Lipinski definition) is 4. The van der Waals surface area contributed by atoms with Gasteiger partial charge in [-0.05, 0) is 0 Å². The quantitative estimate of drug-likeness (QED) is 0.681. The van der Waals surface area contributed by atoms with E-state index < -0.39 is 5.97 Å². The Morgan fingerprint density at radius 1 is 1.71 bits per heavy atom. The third-order valence-corrected chi connectivity index (χ3v) is 1.22. The number of carboxylic acid groups (broad SMARTS) is 1. The third kappa shape index (κ3) is 4.95. The minimum Gasteiger partial charge on any atom is -0.506 e. The van der Waals surface area contributed by atoms with Crippen molar-refractivity contribution in [3.63, 3.8) is 0 Å². The molecule has 2 N–H and O–H groups in total. The van der Waals surface area contributed by atoms with Crippen LogP contribution in [0.5, 0.6) is 5.75 Å². The molecule has 0 aliphatic heterocycles. The van der Waals surface area contributed by atoms with Gasteiger partial charge >= 0.3 is 0 Å². The largest absolute Gasteiger partial charge is 0.506 e. The summed E-state index contributed by atoms with van der Waals surface area (Å²) in [5.74, 6) is -0.871. The molecule has 74 valence electrons. The van der Waals surface area contributed by atoms with Crippen LogP contribution in [0.25, 0.3) is 0 Å². The fourth-order valence-electron chi connectivity index (χ4n) is 0.510. The van der Waals surface area contributed by atoms with Crippen molar-refractivity contribution in [3.8, 4) is 11.8 Å². The first-order chi connectivity index (χ1) is 6.47. The van der Waals surface area contributed by atoms with Crippen LogP contribution >= 0.6 is 11.6 Å². The lowest BCUT2D eigenvalue weighted by Crippen LogP contribution is -1.81. The number of carboxylic acids is 1. The SMILES string of the molecule is CC(=O)O.N#Cc1ncc(O)cc1Cl. The summed E-state index contributed by atoms with van der Waals surface area (Å²) in [6.07, 6.45) is 1.17. The van der Waals surface area contributed by atoms with E-state index in [1.54, 1.807) is 6.07 Å². The average molecular weight is 215 g/mol. The molecular formula is C8H7ClN2O3. The van der Waals surface area contributed by atoms with Crippen molar-refractivity contribution in [2.24, 2.45) is 0 Å². The predicted octanol–water partition coefficient (Wildman–Crippen LogP) is 1.40. The van der Waals surface area contributed by atoms with Crippen LogP contribution in [-0.4, -0.2) is 21.2 Å². The minimum absolute atomic E-state index is 0.0380. The molecule has 0 aliphatic rings. The Bertz CT molecular complexity index is 369. The molecule has 5 nitrogen and oxygen atoms in total. The summed E-state index contributed by atoms with van der Waals surface area (Å²) in [5.41, 5.74) is 0.125. The zero-order valence-corrected chi connectivity index (χ0v) is 7.99. The monoisotopic (exact) mass is 214 g/mol.